The van der Waals surface area contributed by atoms with Gasteiger partial charge in [0.2, 0.25) is 0 Å². The zero-order valence-corrected chi connectivity index (χ0v) is 19.2. The number of hydrogen-bond acceptors (Lipinski definition) is 4. The largest absolute Gasteiger partial charge is 0.489 e. The lowest BCUT2D eigenvalue weighted by Crippen LogP contribution is -2.54. The van der Waals surface area contributed by atoms with Crippen molar-refractivity contribution < 1.29 is 19.1 Å². The third kappa shape index (κ3) is 4.65. The van der Waals surface area contributed by atoms with Gasteiger partial charge in [0.15, 0.2) is 0 Å². The second kappa shape index (κ2) is 9.44. The number of urea groups is 1. The maximum absolute atomic E-state index is 13.1. The Morgan fingerprint density at radius 3 is 2.49 bits per heavy atom. The van der Waals surface area contributed by atoms with Gasteiger partial charge in [-0.1, -0.05) is 72.3 Å². The molecule has 7 heteroatoms. The average Bonchev–Trinajstić information content (AvgIpc) is 2.85. The number of nitrogens with zero attached hydrogens (tertiary/aromatic N) is 1. The summed E-state index contributed by atoms with van der Waals surface area (Å²) in [5, 5.41) is 4.82. The molecular formula is C28H19ClN2O4. The lowest BCUT2D eigenvalue weighted by molar-refractivity contribution is -0.122. The van der Waals surface area contributed by atoms with Gasteiger partial charge in [0.1, 0.15) is 17.9 Å². The van der Waals surface area contributed by atoms with Gasteiger partial charge in [-0.3, -0.25) is 14.9 Å². The predicted molar refractivity (Wildman–Crippen MR) is 135 cm³/mol. The molecule has 0 aliphatic carbocycles. The van der Waals surface area contributed by atoms with Crippen LogP contribution in [0, 0.1) is 0 Å². The molecule has 1 N–H and O–H groups in total. The molecule has 0 bridgehead atoms. The number of imide groups is 2. The molecule has 4 aromatic rings. The fourth-order valence-corrected chi connectivity index (χ4v) is 4.13. The van der Waals surface area contributed by atoms with E-state index < -0.39 is 17.8 Å². The lowest BCUT2D eigenvalue weighted by Gasteiger charge is -2.26. The zero-order valence-electron chi connectivity index (χ0n) is 18.4. The number of benzene rings is 4. The summed E-state index contributed by atoms with van der Waals surface area (Å²) >= 11 is 6.01. The normalized spacial score (nSPS) is 14.9. The molecule has 4 amide bonds. The summed E-state index contributed by atoms with van der Waals surface area (Å²) in [4.78, 5) is 38.8. The van der Waals surface area contributed by atoms with Crippen molar-refractivity contribution in [3.05, 3.63) is 113 Å². The van der Waals surface area contributed by atoms with E-state index in [9.17, 15) is 14.4 Å². The standard InChI is InChI=1S/C28H19ClN2O4/c29-21-10-5-11-22(16-21)31-27(33)25(26(32)30-28(31)34)15-18-6-3-12-23(14-18)35-17-20-9-4-8-19-7-1-2-13-24(19)20/h1-16H,17H2,(H,30,32,34)/b25-15-. The van der Waals surface area contributed by atoms with Gasteiger partial charge in [-0.2, -0.15) is 0 Å². The second-order valence-corrected chi connectivity index (χ2v) is 8.37. The van der Waals surface area contributed by atoms with Crippen LogP contribution in [0.5, 0.6) is 5.75 Å². The minimum atomic E-state index is -0.827. The van der Waals surface area contributed by atoms with Crippen molar-refractivity contribution in [3.8, 4) is 5.75 Å². The van der Waals surface area contributed by atoms with Crippen LogP contribution in [0.25, 0.3) is 16.8 Å². The molecule has 0 saturated carbocycles. The Hall–Kier alpha value is -4.42. The van der Waals surface area contributed by atoms with Gasteiger partial charge in [-0.15, -0.1) is 0 Å². The Morgan fingerprint density at radius 1 is 0.857 bits per heavy atom. The van der Waals surface area contributed by atoms with Crippen LogP contribution in [0.1, 0.15) is 11.1 Å². The van der Waals surface area contributed by atoms with Crippen molar-refractivity contribution in [2.24, 2.45) is 0 Å². The van der Waals surface area contributed by atoms with Crippen LogP contribution in [0.4, 0.5) is 10.5 Å². The molecule has 5 rings (SSSR count). The summed E-state index contributed by atoms with van der Waals surface area (Å²) in [5.74, 6) is -0.915. The fourth-order valence-electron chi connectivity index (χ4n) is 3.95. The van der Waals surface area contributed by atoms with Crippen molar-refractivity contribution in [1.29, 1.82) is 0 Å². The van der Waals surface area contributed by atoms with E-state index in [1.54, 1.807) is 42.5 Å². The average molecular weight is 483 g/mol. The molecule has 1 aliphatic heterocycles. The molecule has 4 aromatic carbocycles. The zero-order chi connectivity index (χ0) is 24.4. The molecule has 0 spiro atoms. The summed E-state index contributed by atoms with van der Waals surface area (Å²) in [7, 11) is 0. The number of hydrogen-bond donors (Lipinski definition) is 1. The fraction of sp³-hybridized carbons (Fsp3) is 0.0357. The molecule has 0 unspecified atom stereocenters. The summed E-state index contributed by atoms with van der Waals surface area (Å²) < 4.78 is 6.01. The summed E-state index contributed by atoms with van der Waals surface area (Å²) in [6.07, 6.45) is 1.44. The Labute approximate surface area is 206 Å². The highest BCUT2D eigenvalue weighted by Crippen LogP contribution is 2.26. The quantitative estimate of drug-likeness (QED) is 0.291. The van der Waals surface area contributed by atoms with E-state index in [0.29, 0.717) is 22.9 Å². The first-order valence-electron chi connectivity index (χ1n) is 10.9. The molecule has 1 aliphatic rings. The van der Waals surface area contributed by atoms with Crippen LogP contribution < -0.4 is 15.0 Å². The number of nitrogens with one attached hydrogen (secondary N) is 1. The first-order valence-corrected chi connectivity index (χ1v) is 11.2. The number of ether oxygens (including phenoxy) is 1. The maximum atomic E-state index is 13.1. The molecule has 35 heavy (non-hydrogen) atoms. The Balaban J connectivity index is 1.39. The highest BCUT2D eigenvalue weighted by molar-refractivity contribution is 6.39. The number of fused-ring (bicyclic) bond motifs is 1. The van der Waals surface area contributed by atoms with Crippen LogP contribution in [0.15, 0.2) is 96.6 Å². The third-order valence-corrected chi connectivity index (χ3v) is 5.85. The highest BCUT2D eigenvalue weighted by atomic mass is 35.5. The van der Waals surface area contributed by atoms with Crippen LogP contribution in [-0.4, -0.2) is 17.8 Å². The van der Waals surface area contributed by atoms with E-state index in [4.69, 9.17) is 16.3 Å². The van der Waals surface area contributed by atoms with Gasteiger partial charge in [0.05, 0.1) is 5.69 Å². The first-order chi connectivity index (χ1) is 17.0. The van der Waals surface area contributed by atoms with Gasteiger partial charge in [0.25, 0.3) is 11.8 Å². The molecule has 1 heterocycles. The monoisotopic (exact) mass is 482 g/mol. The summed E-state index contributed by atoms with van der Waals surface area (Å²) in [6.45, 7) is 0.359. The number of barbiturate groups is 1. The molecule has 0 radical (unpaired) electrons. The molecule has 1 fully saturated rings. The van der Waals surface area contributed by atoms with Crippen LogP contribution >= 0.6 is 11.6 Å². The molecule has 6 nitrogen and oxygen atoms in total. The van der Waals surface area contributed by atoms with E-state index in [1.165, 1.54) is 12.1 Å². The van der Waals surface area contributed by atoms with Gasteiger partial charge in [-0.05, 0) is 58.3 Å². The van der Waals surface area contributed by atoms with Crippen molar-refractivity contribution in [2.45, 2.75) is 6.61 Å². The Kier molecular flexibility index (Phi) is 6.04. The van der Waals surface area contributed by atoms with Gasteiger partial charge < -0.3 is 4.74 Å². The topological polar surface area (TPSA) is 75.7 Å². The number of halogens is 1. The maximum Gasteiger partial charge on any atom is 0.335 e. The van der Waals surface area contributed by atoms with Gasteiger partial charge in [-0.25, -0.2) is 9.69 Å². The molecule has 0 atom stereocenters. The Morgan fingerprint density at radius 2 is 1.63 bits per heavy atom. The minimum Gasteiger partial charge on any atom is -0.489 e. The van der Waals surface area contributed by atoms with E-state index in [-0.39, 0.29) is 11.3 Å². The first kappa shape index (κ1) is 22.4. The Bertz CT molecular complexity index is 1510. The van der Waals surface area contributed by atoms with Gasteiger partial charge in [0, 0.05) is 5.02 Å². The molecule has 0 aromatic heterocycles. The number of carbonyl (C=O) groups is 3. The highest BCUT2D eigenvalue weighted by Gasteiger charge is 2.36. The number of carbonyl (C=O) groups excluding carboxylic acids is 3. The number of amides is 4. The van der Waals surface area contributed by atoms with Crippen LogP contribution in [-0.2, 0) is 16.2 Å². The molecule has 172 valence electrons. The van der Waals surface area contributed by atoms with Gasteiger partial charge >= 0.3 is 6.03 Å². The summed E-state index contributed by atoms with van der Waals surface area (Å²) in [6, 6.07) is 26.7. The SMILES string of the molecule is O=C1NC(=O)N(c2cccc(Cl)c2)C(=O)/C1=C\c1cccc(OCc2cccc3ccccc23)c1. The smallest absolute Gasteiger partial charge is 0.335 e. The van der Waals surface area contributed by atoms with E-state index >= 15 is 0 Å². The molecule has 1 saturated heterocycles. The second-order valence-electron chi connectivity index (χ2n) is 7.94. The van der Waals surface area contributed by atoms with Crippen LogP contribution in [0.3, 0.4) is 0 Å². The van der Waals surface area contributed by atoms with Crippen molar-refractivity contribution in [1.82, 2.24) is 5.32 Å². The van der Waals surface area contributed by atoms with Crippen molar-refractivity contribution in [2.75, 3.05) is 4.90 Å². The number of anilines is 1. The van der Waals surface area contributed by atoms with Crippen LogP contribution in [0.2, 0.25) is 5.02 Å². The van der Waals surface area contributed by atoms with E-state index in [0.717, 1.165) is 21.2 Å². The summed E-state index contributed by atoms with van der Waals surface area (Å²) in [5.41, 5.74) is 1.73. The van der Waals surface area contributed by atoms with Crippen molar-refractivity contribution in [3.63, 3.8) is 0 Å². The number of rotatable bonds is 5. The molecular weight excluding hydrogens is 464 g/mol. The minimum absolute atomic E-state index is 0.171. The van der Waals surface area contributed by atoms with E-state index in [2.05, 4.69) is 23.5 Å². The van der Waals surface area contributed by atoms with Crippen molar-refractivity contribution >= 4 is 52.0 Å². The predicted octanol–water partition coefficient (Wildman–Crippen LogP) is 5.74. The third-order valence-electron chi connectivity index (χ3n) is 5.61. The lowest BCUT2D eigenvalue weighted by atomic mass is 10.1. The van der Waals surface area contributed by atoms with E-state index in [1.807, 2.05) is 24.3 Å².